The van der Waals surface area contributed by atoms with Crippen molar-refractivity contribution < 1.29 is 30.4 Å². The first kappa shape index (κ1) is 17.2. The molecule has 3 amide bonds. The van der Waals surface area contributed by atoms with Gasteiger partial charge in [0.2, 0.25) is 11.8 Å². The summed E-state index contributed by atoms with van der Waals surface area (Å²) < 4.78 is 61.2. The van der Waals surface area contributed by atoms with Crippen molar-refractivity contribution in [2.24, 2.45) is 0 Å². The molecule has 0 saturated carbocycles. The number of hydrogen-bond donors (Lipinski definition) is 2. The Bertz CT molecular complexity index is 1350. The molecular formula is C25H27FN4O4. The SMILES string of the molecule is [2H]C1([2H])C(=O)NC(=O)[C@]([2H])(N2Cc3c(NCc4ccc(CN5CCOCC5)cc4F)cccc3C2=O)C1([2H])[2H]. The molecule has 0 bridgehead atoms. The van der Waals surface area contributed by atoms with Gasteiger partial charge in [-0.1, -0.05) is 18.2 Å². The van der Waals surface area contributed by atoms with Gasteiger partial charge in [-0.05, 0) is 30.1 Å². The quantitative estimate of drug-likeness (QED) is 0.627. The number of carbonyl (C=O) groups excluding carboxylic acids is 3. The number of fused-ring (bicyclic) bond motifs is 1. The fourth-order valence-corrected chi connectivity index (χ4v) is 4.28. The number of carbonyl (C=O) groups is 3. The Balaban J connectivity index is 1.35. The average Bonchev–Trinajstić information content (AvgIpc) is 3.24. The molecule has 3 heterocycles. The summed E-state index contributed by atoms with van der Waals surface area (Å²) >= 11 is 0. The topological polar surface area (TPSA) is 91.0 Å². The minimum Gasteiger partial charge on any atom is -0.381 e. The van der Waals surface area contributed by atoms with Crippen LogP contribution in [0.5, 0.6) is 0 Å². The summed E-state index contributed by atoms with van der Waals surface area (Å²) in [7, 11) is 0. The van der Waals surface area contributed by atoms with Crippen LogP contribution in [-0.4, -0.2) is 59.8 Å². The molecule has 1 atom stereocenters. The molecule has 3 aliphatic heterocycles. The van der Waals surface area contributed by atoms with Crippen molar-refractivity contribution in [3.05, 3.63) is 64.5 Å². The standard InChI is InChI=1S/C25H27FN4O4/c26-20-12-16(14-29-8-10-34-11-9-29)4-5-17(20)13-27-21-3-1-2-18-19(21)15-30(25(18)33)22-6-7-23(31)28-24(22)32/h1-5,12,22,27H,6-11,13-15H2,(H,28,31,32)/t22-/m1/s1/i6D2,7D2,22D. The summed E-state index contributed by atoms with van der Waals surface area (Å²) in [6.07, 6.45) is -6.60. The van der Waals surface area contributed by atoms with E-state index in [1.807, 2.05) is 6.07 Å². The molecule has 9 heteroatoms. The number of anilines is 1. The van der Waals surface area contributed by atoms with E-state index in [-0.39, 0.29) is 18.7 Å². The lowest BCUT2D eigenvalue weighted by Gasteiger charge is -2.29. The molecule has 34 heavy (non-hydrogen) atoms. The van der Waals surface area contributed by atoms with Gasteiger partial charge in [-0.15, -0.1) is 0 Å². The van der Waals surface area contributed by atoms with Crippen molar-refractivity contribution in [3.63, 3.8) is 0 Å². The summed E-state index contributed by atoms with van der Waals surface area (Å²) in [4.78, 5) is 40.8. The molecule has 2 N–H and O–H groups in total. The van der Waals surface area contributed by atoms with Crippen LogP contribution in [0.1, 0.15) is 46.6 Å². The molecule has 0 unspecified atom stereocenters. The third kappa shape index (κ3) is 4.53. The maximum Gasteiger partial charge on any atom is 0.255 e. The highest BCUT2D eigenvalue weighted by Gasteiger charge is 2.39. The summed E-state index contributed by atoms with van der Waals surface area (Å²) in [5.74, 6) is -4.19. The van der Waals surface area contributed by atoms with E-state index in [1.54, 1.807) is 23.5 Å². The lowest BCUT2D eigenvalue weighted by atomic mass is 10.0. The number of rotatable bonds is 6. The molecule has 2 aromatic carbocycles. The highest BCUT2D eigenvalue weighted by Crippen LogP contribution is 2.32. The van der Waals surface area contributed by atoms with E-state index in [0.29, 0.717) is 41.5 Å². The molecule has 5 rings (SSSR count). The van der Waals surface area contributed by atoms with Gasteiger partial charge in [0.05, 0.1) is 14.6 Å². The minimum absolute atomic E-state index is 0.0681. The molecule has 0 spiro atoms. The zero-order valence-corrected chi connectivity index (χ0v) is 18.3. The Morgan fingerprint density at radius 1 is 1.21 bits per heavy atom. The van der Waals surface area contributed by atoms with Crippen molar-refractivity contribution in [1.29, 1.82) is 0 Å². The molecule has 3 aliphatic rings. The van der Waals surface area contributed by atoms with Crippen LogP contribution in [0.2, 0.25) is 0 Å². The van der Waals surface area contributed by atoms with Crippen LogP contribution < -0.4 is 10.6 Å². The van der Waals surface area contributed by atoms with Gasteiger partial charge >= 0.3 is 0 Å². The summed E-state index contributed by atoms with van der Waals surface area (Å²) in [5.41, 5.74) is 2.07. The highest BCUT2D eigenvalue weighted by atomic mass is 19.1. The number of ether oxygens (including phenoxy) is 1. The molecule has 0 radical (unpaired) electrons. The molecule has 178 valence electrons. The fourth-order valence-electron chi connectivity index (χ4n) is 4.28. The zero-order valence-electron chi connectivity index (χ0n) is 23.3. The second-order valence-electron chi connectivity index (χ2n) is 8.27. The van der Waals surface area contributed by atoms with Crippen molar-refractivity contribution in [2.45, 2.75) is 38.4 Å². The van der Waals surface area contributed by atoms with Crippen molar-refractivity contribution in [1.82, 2.24) is 15.1 Å². The molecule has 0 aliphatic carbocycles. The monoisotopic (exact) mass is 471 g/mol. The Labute approximate surface area is 204 Å². The number of morpholine rings is 1. The number of amides is 3. The Hall–Kier alpha value is -3.30. The first-order chi connectivity index (χ1) is 18.4. The smallest absolute Gasteiger partial charge is 0.255 e. The number of imide groups is 1. The summed E-state index contributed by atoms with van der Waals surface area (Å²) in [6, 6.07) is 6.59. The third-order valence-corrected chi connectivity index (χ3v) is 6.07. The van der Waals surface area contributed by atoms with Crippen LogP contribution in [0.3, 0.4) is 0 Å². The van der Waals surface area contributed by atoms with Crippen LogP contribution >= 0.6 is 0 Å². The van der Waals surface area contributed by atoms with Crippen LogP contribution in [-0.2, 0) is 34.0 Å². The zero-order chi connectivity index (χ0) is 28.2. The second-order valence-corrected chi connectivity index (χ2v) is 8.27. The Kier molecular flexibility index (Phi) is 4.81. The molecule has 2 fully saturated rings. The van der Waals surface area contributed by atoms with E-state index in [1.165, 1.54) is 12.1 Å². The number of piperidine rings is 1. The predicted octanol–water partition coefficient (Wildman–Crippen LogP) is 2.03. The number of halogens is 1. The molecule has 0 aromatic heterocycles. The predicted molar refractivity (Wildman–Crippen MR) is 122 cm³/mol. The minimum atomic E-state index is -3.35. The van der Waals surface area contributed by atoms with Crippen LogP contribution in [0.25, 0.3) is 0 Å². The van der Waals surface area contributed by atoms with E-state index >= 15 is 0 Å². The largest absolute Gasteiger partial charge is 0.381 e. The van der Waals surface area contributed by atoms with Gasteiger partial charge in [-0.2, -0.15) is 0 Å². The molecule has 2 saturated heterocycles. The van der Waals surface area contributed by atoms with E-state index in [0.717, 1.165) is 18.7 Å². The number of nitrogens with zero attached hydrogens (tertiary/aromatic N) is 2. The molecular weight excluding hydrogens is 439 g/mol. The Morgan fingerprint density at radius 2 is 2.03 bits per heavy atom. The van der Waals surface area contributed by atoms with Gasteiger partial charge in [0.15, 0.2) is 0 Å². The molecule has 2 aromatic rings. The van der Waals surface area contributed by atoms with Gasteiger partial charge in [-0.25, -0.2) is 4.39 Å². The van der Waals surface area contributed by atoms with Crippen molar-refractivity contribution in [3.8, 4) is 0 Å². The van der Waals surface area contributed by atoms with Crippen LogP contribution in [0.15, 0.2) is 36.4 Å². The lowest BCUT2D eigenvalue weighted by molar-refractivity contribution is -0.136. The fraction of sp³-hybridized carbons (Fsp3) is 0.400. The second kappa shape index (κ2) is 9.52. The van der Waals surface area contributed by atoms with Gasteiger partial charge < -0.3 is 15.0 Å². The normalized spacial score (nSPS) is 28.2. The van der Waals surface area contributed by atoms with Crippen molar-refractivity contribution in [2.75, 3.05) is 31.6 Å². The van der Waals surface area contributed by atoms with Gasteiger partial charge in [0.25, 0.3) is 5.91 Å². The Morgan fingerprint density at radius 3 is 2.82 bits per heavy atom. The average molecular weight is 472 g/mol. The number of hydrogen-bond acceptors (Lipinski definition) is 6. The first-order valence-electron chi connectivity index (χ1n) is 13.5. The van der Waals surface area contributed by atoms with E-state index in [2.05, 4.69) is 10.2 Å². The maximum atomic E-state index is 14.9. The first-order valence-corrected chi connectivity index (χ1v) is 11.0. The van der Waals surface area contributed by atoms with Gasteiger partial charge in [-0.3, -0.25) is 24.6 Å². The molecule has 8 nitrogen and oxygen atoms in total. The van der Waals surface area contributed by atoms with Crippen molar-refractivity contribution >= 4 is 23.4 Å². The highest BCUT2D eigenvalue weighted by molar-refractivity contribution is 6.06. The van der Waals surface area contributed by atoms with Gasteiger partial charge in [0, 0.05) is 67.0 Å². The van der Waals surface area contributed by atoms with E-state index < -0.39 is 42.3 Å². The maximum absolute atomic E-state index is 14.9. The summed E-state index contributed by atoms with van der Waals surface area (Å²) in [6.45, 7) is 3.14. The third-order valence-electron chi connectivity index (χ3n) is 6.07. The number of benzene rings is 2. The lowest BCUT2D eigenvalue weighted by Crippen LogP contribution is -2.52. The summed E-state index contributed by atoms with van der Waals surface area (Å²) in [5, 5.41) is 4.78. The van der Waals surface area contributed by atoms with Gasteiger partial charge in [0.1, 0.15) is 11.8 Å². The van der Waals surface area contributed by atoms with E-state index in [9.17, 15) is 18.8 Å². The number of nitrogens with one attached hydrogen (secondary N) is 2. The van der Waals surface area contributed by atoms with Crippen LogP contribution in [0.4, 0.5) is 10.1 Å². The van der Waals surface area contributed by atoms with Crippen LogP contribution in [0, 0.1) is 5.82 Å². The van der Waals surface area contributed by atoms with E-state index in [4.69, 9.17) is 11.6 Å².